The topological polar surface area (TPSA) is 112 Å². The number of benzene rings is 1. The summed E-state index contributed by atoms with van der Waals surface area (Å²) >= 11 is 0. The molecule has 0 radical (unpaired) electrons. The van der Waals surface area contributed by atoms with Gasteiger partial charge in [-0.15, -0.1) is 0 Å². The lowest BCUT2D eigenvalue weighted by atomic mass is 10.1. The van der Waals surface area contributed by atoms with Gasteiger partial charge in [0.05, 0.1) is 24.0 Å². The molecule has 1 amide bonds. The summed E-state index contributed by atoms with van der Waals surface area (Å²) in [5.41, 5.74) is -1.70. The fourth-order valence-corrected chi connectivity index (χ4v) is 4.56. The third-order valence-corrected chi connectivity index (χ3v) is 6.42. The van der Waals surface area contributed by atoms with E-state index in [0.717, 1.165) is 20.0 Å². The second-order valence-electron chi connectivity index (χ2n) is 9.30. The van der Waals surface area contributed by atoms with Crippen LogP contribution in [0.2, 0.25) is 0 Å². The highest BCUT2D eigenvalue weighted by Crippen LogP contribution is 2.41. The van der Waals surface area contributed by atoms with Crippen molar-refractivity contribution in [1.82, 2.24) is 14.9 Å². The Bertz CT molecular complexity index is 1260. The first-order valence-corrected chi connectivity index (χ1v) is 11.1. The first-order chi connectivity index (χ1) is 16.4. The molecular weight excluding hydrogens is 469 g/mol. The van der Waals surface area contributed by atoms with Gasteiger partial charge in [0.25, 0.3) is 6.01 Å². The molecule has 0 spiro atoms. The average Bonchev–Trinajstić information content (AvgIpc) is 3.33. The molecule has 186 valence electrons. The van der Waals surface area contributed by atoms with Gasteiger partial charge in [-0.3, -0.25) is 9.88 Å². The van der Waals surface area contributed by atoms with Crippen LogP contribution in [-0.4, -0.2) is 68.1 Å². The minimum atomic E-state index is -3.94. The zero-order valence-electron chi connectivity index (χ0n) is 18.9. The van der Waals surface area contributed by atoms with E-state index in [1.807, 2.05) is 0 Å². The van der Waals surface area contributed by atoms with E-state index in [9.17, 15) is 28.2 Å². The van der Waals surface area contributed by atoms with Crippen LogP contribution in [0.1, 0.15) is 26.7 Å². The summed E-state index contributed by atoms with van der Waals surface area (Å²) in [6.45, 7) is 2.51. The summed E-state index contributed by atoms with van der Waals surface area (Å²) < 4.78 is 53.4. The number of rotatable bonds is 5. The summed E-state index contributed by atoms with van der Waals surface area (Å²) in [5.74, 6) is -0.861. The van der Waals surface area contributed by atoms with Crippen LogP contribution in [0.25, 0.3) is 22.4 Å². The molecule has 12 heteroatoms. The number of hydrogen-bond acceptors (Lipinski definition) is 7. The fraction of sp³-hybridized carbons (Fsp3) is 0.435. The van der Waals surface area contributed by atoms with Crippen LogP contribution in [0, 0.1) is 5.82 Å². The number of hydrogen-bond donors (Lipinski definition) is 2. The van der Waals surface area contributed by atoms with Crippen molar-refractivity contribution in [3.8, 4) is 17.0 Å². The van der Waals surface area contributed by atoms with Gasteiger partial charge in [0.15, 0.2) is 22.5 Å². The van der Waals surface area contributed by atoms with Crippen molar-refractivity contribution in [2.24, 2.45) is 0 Å². The molecule has 2 aromatic heterocycles. The highest BCUT2D eigenvalue weighted by atomic mass is 19.3. The molecule has 5 rings (SSSR count). The maximum atomic E-state index is 14.5. The molecule has 2 N–H and O–H groups in total. The summed E-state index contributed by atoms with van der Waals surface area (Å²) in [5, 5.41) is 19.4. The van der Waals surface area contributed by atoms with Gasteiger partial charge in [-0.2, -0.15) is 13.8 Å². The smallest absolute Gasteiger partial charge is 0.426 e. The van der Waals surface area contributed by atoms with Crippen molar-refractivity contribution in [2.75, 3.05) is 18.0 Å². The number of carboxylic acid groups (broad SMARTS) is 1. The molecule has 9 nitrogen and oxygen atoms in total. The predicted octanol–water partition coefficient (Wildman–Crippen LogP) is 4.10. The minimum Gasteiger partial charge on any atom is -0.465 e. The fourth-order valence-electron chi connectivity index (χ4n) is 4.56. The number of aliphatic hydroxyl groups is 1. The standard InChI is InChI=1S/C23H23F3N4O5/c1-22(2,33)23(25,26)35-17-8-6-15(16-7-3-12(24)9-27-16)19-18(17)28-20(34-19)29-10-13-4-5-14(11-29)30(13)21(31)32/h3,6-9,13-14,33H,4-5,10-11H2,1-2H3,(H,31,32). The van der Waals surface area contributed by atoms with Crippen molar-refractivity contribution in [1.29, 1.82) is 0 Å². The van der Waals surface area contributed by atoms with Crippen LogP contribution in [0.15, 0.2) is 34.9 Å². The number of piperazine rings is 1. The van der Waals surface area contributed by atoms with Gasteiger partial charge in [-0.1, -0.05) is 0 Å². The van der Waals surface area contributed by atoms with Crippen LogP contribution in [0.5, 0.6) is 5.75 Å². The van der Waals surface area contributed by atoms with Crippen molar-refractivity contribution in [2.45, 2.75) is 50.5 Å². The summed E-state index contributed by atoms with van der Waals surface area (Å²) in [4.78, 5) is 23.3. The molecular formula is C23H23F3N4O5. The number of fused-ring (bicyclic) bond motifs is 3. The monoisotopic (exact) mass is 492 g/mol. The Labute approximate surface area is 197 Å². The van der Waals surface area contributed by atoms with Crippen LogP contribution < -0.4 is 9.64 Å². The van der Waals surface area contributed by atoms with Gasteiger partial charge in [0.2, 0.25) is 0 Å². The maximum Gasteiger partial charge on any atom is 0.426 e. The quantitative estimate of drug-likeness (QED) is 0.548. The van der Waals surface area contributed by atoms with E-state index in [-0.39, 0.29) is 34.9 Å². The Morgan fingerprint density at radius 2 is 1.86 bits per heavy atom. The summed E-state index contributed by atoms with van der Waals surface area (Å²) in [6.07, 6.45) is -2.51. The van der Waals surface area contributed by atoms with Gasteiger partial charge in [-0.05, 0) is 51.0 Å². The Hall–Kier alpha value is -3.54. The van der Waals surface area contributed by atoms with Gasteiger partial charge >= 0.3 is 12.2 Å². The first-order valence-electron chi connectivity index (χ1n) is 11.1. The van der Waals surface area contributed by atoms with Gasteiger partial charge < -0.3 is 24.3 Å². The molecule has 2 saturated heterocycles. The number of anilines is 1. The molecule has 2 fully saturated rings. The molecule has 2 aliphatic heterocycles. The number of oxazole rings is 1. The third kappa shape index (κ3) is 4.01. The zero-order chi connectivity index (χ0) is 25.1. The highest BCUT2D eigenvalue weighted by molar-refractivity contribution is 5.94. The molecule has 2 aliphatic rings. The van der Waals surface area contributed by atoms with E-state index in [2.05, 4.69) is 9.97 Å². The molecule has 35 heavy (non-hydrogen) atoms. The van der Waals surface area contributed by atoms with Gasteiger partial charge in [0, 0.05) is 18.7 Å². The van der Waals surface area contributed by atoms with E-state index >= 15 is 0 Å². The van der Waals surface area contributed by atoms with Crippen molar-refractivity contribution < 1.29 is 37.3 Å². The molecule has 0 saturated carbocycles. The number of nitrogens with zero attached hydrogens (tertiary/aromatic N) is 4. The SMILES string of the molecule is CC(C)(O)C(F)(F)Oc1ccc(-c2ccc(F)cn2)c2oc(N3CC4CCC(C3)N4C(=O)O)nc12. The van der Waals surface area contributed by atoms with Gasteiger partial charge in [0.1, 0.15) is 5.82 Å². The Kier molecular flexibility index (Phi) is 5.31. The largest absolute Gasteiger partial charge is 0.465 e. The van der Waals surface area contributed by atoms with E-state index in [4.69, 9.17) is 9.15 Å². The van der Waals surface area contributed by atoms with E-state index in [1.54, 1.807) is 4.90 Å². The lowest BCUT2D eigenvalue weighted by molar-refractivity contribution is -0.275. The Morgan fingerprint density at radius 1 is 1.17 bits per heavy atom. The molecule has 2 unspecified atom stereocenters. The first kappa shape index (κ1) is 23.2. The number of halogens is 3. The van der Waals surface area contributed by atoms with Crippen LogP contribution in [0.4, 0.5) is 24.0 Å². The minimum absolute atomic E-state index is 0.0273. The molecule has 2 atom stereocenters. The highest BCUT2D eigenvalue weighted by Gasteiger charge is 2.49. The van der Waals surface area contributed by atoms with Gasteiger partial charge in [-0.25, -0.2) is 9.18 Å². The number of aromatic nitrogens is 2. The number of amides is 1. The van der Waals surface area contributed by atoms with Crippen LogP contribution >= 0.6 is 0 Å². The van der Waals surface area contributed by atoms with Crippen molar-refractivity contribution in [3.05, 3.63) is 36.3 Å². The summed E-state index contributed by atoms with van der Waals surface area (Å²) in [6, 6.07) is 4.98. The second kappa shape index (κ2) is 8.01. The zero-order valence-corrected chi connectivity index (χ0v) is 18.9. The predicted molar refractivity (Wildman–Crippen MR) is 118 cm³/mol. The van der Waals surface area contributed by atoms with E-state index in [0.29, 0.717) is 37.2 Å². The molecule has 3 aromatic rings. The Morgan fingerprint density at radius 3 is 2.43 bits per heavy atom. The van der Waals surface area contributed by atoms with E-state index in [1.165, 1.54) is 29.2 Å². The molecule has 4 heterocycles. The van der Waals surface area contributed by atoms with Crippen molar-refractivity contribution >= 4 is 23.2 Å². The van der Waals surface area contributed by atoms with Crippen molar-refractivity contribution in [3.63, 3.8) is 0 Å². The van der Waals surface area contributed by atoms with Crippen LogP contribution in [0.3, 0.4) is 0 Å². The average molecular weight is 492 g/mol. The summed E-state index contributed by atoms with van der Waals surface area (Å²) in [7, 11) is 0. The lowest BCUT2D eigenvalue weighted by Gasteiger charge is -2.38. The second-order valence-corrected chi connectivity index (χ2v) is 9.30. The third-order valence-electron chi connectivity index (χ3n) is 6.42. The molecule has 2 bridgehead atoms. The lowest BCUT2D eigenvalue weighted by Crippen LogP contribution is -2.55. The number of carbonyl (C=O) groups is 1. The maximum absolute atomic E-state index is 14.5. The number of ether oxygens (including phenoxy) is 1. The molecule has 0 aliphatic carbocycles. The number of alkyl halides is 2. The van der Waals surface area contributed by atoms with Crippen LogP contribution in [-0.2, 0) is 0 Å². The molecule has 1 aromatic carbocycles. The van der Waals surface area contributed by atoms with E-state index < -0.39 is 23.6 Å². The number of pyridine rings is 1. The Balaban J connectivity index is 1.58. The normalized spacial score (nSPS) is 20.5.